The maximum absolute atomic E-state index is 13.3. The van der Waals surface area contributed by atoms with Crippen molar-refractivity contribution in [3.05, 3.63) is 35.4 Å². The Labute approximate surface area is 95.9 Å². The Morgan fingerprint density at radius 3 is 2.62 bits per heavy atom. The average molecular weight is 227 g/mol. The van der Waals surface area contributed by atoms with Gasteiger partial charge < -0.3 is 5.32 Å². The summed E-state index contributed by atoms with van der Waals surface area (Å²) in [6, 6.07) is 3.95. The zero-order chi connectivity index (χ0) is 12.0. The molecule has 0 fully saturated rings. The van der Waals surface area contributed by atoms with Gasteiger partial charge in [-0.2, -0.15) is 0 Å². The summed E-state index contributed by atoms with van der Waals surface area (Å²) in [5.41, 5.74) is 0.398. The Morgan fingerprint density at radius 1 is 1.25 bits per heavy atom. The smallest absolute Gasteiger partial charge is 0.127 e. The second-order valence-electron chi connectivity index (χ2n) is 4.01. The summed E-state index contributed by atoms with van der Waals surface area (Å²) in [5, 5.41) is 3.25. The van der Waals surface area contributed by atoms with Crippen molar-refractivity contribution in [2.24, 2.45) is 0 Å². The van der Waals surface area contributed by atoms with Crippen LogP contribution in [0, 0.1) is 11.6 Å². The van der Waals surface area contributed by atoms with Crippen molar-refractivity contribution in [2.75, 3.05) is 0 Å². The molecule has 0 amide bonds. The van der Waals surface area contributed by atoms with Gasteiger partial charge in [0, 0.05) is 18.2 Å². The van der Waals surface area contributed by atoms with Gasteiger partial charge in [0.1, 0.15) is 11.6 Å². The molecule has 0 radical (unpaired) electrons. The van der Waals surface area contributed by atoms with Crippen molar-refractivity contribution in [3.63, 3.8) is 0 Å². The summed E-state index contributed by atoms with van der Waals surface area (Å²) in [7, 11) is 0. The third-order valence-corrected chi connectivity index (χ3v) is 2.72. The van der Waals surface area contributed by atoms with E-state index in [2.05, 4.69) is 19.2 Å². The fourth-order valence-electron chi connectivity index (χ4n) is 1.73. The highest BCUT2D eigenvalue weighted by Crippen LogP contribution is 2.10. The van der Waals surface area contributed by atoms with E-state index in [4.69, 9.17) is 0 Å². The average Bonchev–Trinajstić information content (AvgIpc) is 2.28. The highest BCUT2D eigenvalue weighted by Gasteiger charge is 2.07. The van der Waals surface area contributed by atoms with E-state index in [-0.39, 0.29) is 11.6 Å². The third-order valence-electron chi connectivity index (χ3n) is 2.72. The molecule has 1 rings (SSSR count). The molecule has 0 aromatic heterocycles. The number of hydrogen-bond acceptors (Lipinski definition) is 1. The molecular formula is C13H19F2N. The molecule has 16 heavy (non-hydrogen) atoms. The molecule has 0 aliphatic rings. The fourth-order valence-corrected chi connectivity index (χ4v) is 1.73. The van der Waals surface area contributed by atoms with Gasteiger partial charge in [-0.05, 0) is 31.0 Å². The SMILES string of the molecule is CCCC(CC)NCc1cc(F)ccc1F. The van der Waals surface area contributed by atoms with Gasteiger partial charge >= 0.3 is 0 Å². The van der Waals surface area contributed by atoms with Crippen molar-refractivity contribution < 1.29 is 8.78 Å². The van der Waals surface area contributed by atoms with Crippen LogP contribution in [0.2, 0.25) is 0 Å². The van der Waals surface area contributed by atoms with E-state index >= 15 is 0 Å². The standard InChI is InChI=1S/C13H19F2N/c1-3-5-12(4-2)16-9-10-8-11(14)6-7-13(10)15/h6-8,12,16H,3-5,9H2,1-2H3. The molecule has 0 heterocycles. The maximum atomic E-state index is 13.3. The lowest BCUT2D eigenvalue weighted by Gasteiger charge is -2.16. The molecule has 0 aliphatic heterocycles. The molecule has 1 aromatic rings. The molecule has 1 aromatic carbocycles. The van der Waals surface area contributed by atoms with Crippen LogP contribution in [-0.4, -0.2) is 6.04 Å². The van der Waals surface area contributed by atoms with E-state index in [1.165, 1.54) is 12.1 Å². The lowest BCUT2D eigenvalue weighted by Crippen LogP contribution is -2.28. The second-order valence-corrected chi connectivity index (χ2v) is 4.01. The van der Waals surface area contributed by atoms with Gasteiger partial charge in [0.15, 0.2) is 0 Å². The summed E-state index contributed by atoms with van der Waals surface area (Å²) >= 11 is 0. The second kappa shape index (κ2) is 6.59. The number of rotatable bonds is 6. The molecule has 0 aliphatic carbocycles. The Bertz CT molecular complexity index is 326. The molecule has 1 N–H and O–H groups in total. The minimum absolute atomic E-state index is 0.347. The number of hydrogen-bond donors (Lipinski definition) is 1. The van der Waals surface area contributed by atoms with Crippen molar-refractivity contribution >= 4 is 0 Å². The van der Waals surface area contributed by atoms with Crippen LogP contribution >= 0.6 is 0 Å². The molecule has 0 saturated heterocycles. The highest BCUT2D eigenvalue weighted by atomic mass is 19.1. The Balaban J connectivity index is 2.55. The molecular weight excluding hydrogens is 208 g/mol. The number of benzene rings is 1. The van der Waals surface area contributed by atoms with Gasteiger partial charge in [-0.15, -0.1) is 0 Å². The van der Waals surface area contributed by atoms with Gasteiger partial charge in [-0.25, -0.2) is 8.78 Å². The van der Waals surface area contributed by atoms with E-state index in [1.807, 2.05) is 0 Å². The summed E-state index contributed by atoms with van der Waals surface area (Å²) in [5.74, 6) is -0.734. The van der Waals surface area contributed by atoms with E-state index in [0.29, 0.717) is 18.2 Å². The van der Waals surface area contributed by atoms with E-state index < -0.39 is 0 Å². The predicted molar refractivity (Wildman–Crippen MR) is 62.2 cm³/mol. The van der Waals surface area contributed by atoms with Crippen LogP contribution in [0.5, 0.6) is 0 Å². The quantitative estimate of drug-likeness (QED) is 0.782. The lowest BCUT2D eigenvalue weighted by atomic mass is 10.1. The first kappa shape index (κ1) is 13.1. The van der Waals surface area contributed by atoms with Crippen LogP contribution in [0.15, 0.2) is 18.2 Å². The van der Waals surface area contributed by atoms with Gasteiger partial charge in [-0.1, -0.05) is 20.3 Å². The Hall–Kier alpha value is -0.960. The topological polar surface area (TPSA) is 12.0 Å². The van der Waals surface area contributed by atoms with Crippen molar-refractivity contribution in [1.29, 1.82) is 0 Å². The van der Waals surface area contributed by atoms with Crippen LogP contribution in [0.4, 0.5) is 8.78 Å². The zero-order valence-corrected chi connectivity index (χ0v) is 9.89. The van der Waals surface area contributed by atoms with Crippen LogP contribution in [0.3, 0.4) is 0 Å². The Morgan fingerprint density at radius 2 is 2.00 bits per heavy atom. The van der Waals surface area contributed by atoms with Gasteiger partial charge in [0.2, 0.25) is 0 Å². The zero-order valence-electron chi connectivity index (χ0n) is 9.89. The highest BCUT2D eigenvalue weighted by molar-refractivity contribution is 5.18. The third kappa shape index (κ3) is 3.89. The normalized spacial score (nSPS) is 12.8. The van der Waals surface area contributed by atoms with Crippen LogP contribution < -0.4 is 5.32 Å². The molecule has 0 saturated carbocycles. The monoisotopic (exact) mass is 227 g/mol. The van der Waals surface area contributed by atoms with Crippen molar-refractivity contribution in [3.8, 4) is 0 Å². The van der Waals surface area contributed by atoms with Crippen LogP contribution in [-0.2, 0) is 6.54 Å². The largest absolute Gasteiger partial charge is 0.310 e. The molecule has 0 spiro atoms. The molecule has 90 valence electrons. The van der Waals surface area contributed by atoms with Crippen LogP contribution in [0.25, 0.3) is 0 Å². The van der Waals surface area contributed by atoms with E-state index in [9.17, 15) is 8.78 Å². The number of nitrogens with one attached hydrogen (secondary N) is 1. The van der Waals surface area contributed by atoms with Gasteiger partial charge in [0.05, 0.1) is 0 Å². The predicted octanol–water partition coefficient (Wildman–Crippen LogP) is 3.63. The summed E-state index contributed by atoms with van der Waals surface area (Å²) in [6.45, 7) is 4.60. The van der Waals surface area contributed by atoms with Crippen molar-refractivity contribution in [1.82, 2.24) is 5.32 Å². The van der Waals surface area contributed by atoms with Gasteiger partial charge in [0.25, 0.3) is 0 Å². The summed E-state index contributed by atoms with van der Waals surface area (Å²) in [4.78, 5) is 0. The first-order chi connectivity index (χ1) is 7.67. The van der Waals surface area contributed by atoms with E-state index in [0.717, 1.165) is 25.3 Å². The molecule has 0 bridgehead atoms. The summed E-state index contributed by atoms with van der Waals surface area (Å²) in [6.07, 6.45) is 3.16. The minimum Gasteiger partial charge on any atom is -0.310 e. The molecule has 3 heteroatoms. The maximum Gasteiger partial charge on any atom is 0.127 e. The summed E-state index contributed by atoms with van der Waals surface area (Å²) < 4.78 is 26.2. The first-order valence-corrected chi connectivity index (χ1v) is 5.84. The van der Waals surface area contributed by atoms with Crippen LogP contribution in [0.1, 0.15) is 38.7 Å². The molecule has 1 nitrogen and oxygen atoms in total. The fraction of sp³-hybridized carbons (Fsp3) is 0.538. The molecule has 1 atom stereocenters. The Kier molecular flexibility index (Phi) is 5.39. The first-order valence-electron chi connectivity index (χ1n) is 5.84. The van der Waals surface area contributed by atoms with Crippen molar-refractivity contribution in [2.45, 2.75) is 45.7 Å². The molecule has 1 unspecified atom stereocenters. The number of halogens is 2. The van der Waals surface area contributed by atoms with Gasteiger partial charge in [-0.3, -0.25) is 0 Å². The van der Waals surface area contributed by atoms with E-state index in [1.54, 1.807) is 0 Å². The lowest BCUT2D eigenvalue weighted by molar-refractivity contribution is 0.454. The minimum atomic E-state index is -0.387.